The van der Waals surface area contributed by atoms with E-state index in [9.17, 15) is 9.59 Å². The van der Waals surface area contributed by atoms with Crippen molar-refractivity contribution in [2.45, 2.75) is 42.1 Å². The van der Waals surface area contributed by atoms with Crippen LogP contribution >= 0.6 is 47.4 Å². The van der Waals surface area contributed by atoms with Gasteiger partial charge >= 0.3 is 0 Å². The predicted molar refractivity (Wildman–Crippen MR) is 187 cm³/mol. The molecule has 1 saturated heterocycles. The van der Waals surface area contributed by atoms with Crippen LogP contribution in [0.15, 0.2) is 65.0 Å². The minimum Gasteiger partial charge on any atom is -0.355 e. The number of piperidine rings is 1. The molecule has 5 N–H and O–H groups in total. The molecule has 1 aliphatic carbocycles. The van der Waals surface area contributed by atoms with Crippen molar-refractivity contribution >= 4 is 88.2 Å². The van der Waals surface area contributed by atoms with Gasteiger partial charge in [0.15, 0.2) is 11.6 Å². The lowest BCUT2D eigenvalue weighted by Gasteiger charge is -2.42. The van der Waals surface area contributed by atoms with E-state index in [1.165, 1.54) is 18.0 Å². The number of hydrogen-bond acceptors (Lipinski definition) is 12. The van der Waals surface area contributed by atoms with Crippen LogP contribution < -0.4 is 26.6 Å². The van der Waals surface area contributed by atoms with Crippen LogP contribution in [-0.2, 0) is 4.79 Å². The number of Topliss-reactive ketones (excluding diaryl/α,β-unsaturated/α-hetero) is 1. The van der Waals surface area contributed by atoms with Crippen LogP contribution in [0, 0.1) is 11.3 Å². The van der Waals surface area contributed by atoms with Crippen LogP contribution in [0.3, 0.4) is 0 Å². The normalized spacial score (nSPS) is 18.5. The summed E-state index contributed by atoms with van der Waals surface area (Å²) in [5.74, 6) is 1.58. The Morgan fingerprint density at radius 2 is 1.79 bits per heavy atom. The van der Waals surface area contributed by atoms with E-state index in [1.54, 1.807) is 56.0 Å². The molecule has 12 nitrogen and oxygen atoms in total. The molecule has 0 unspecified atom stereocenters. The second-order valence-corrected chi connectivity index (χ2v) is 13.2. The van der Waals surface area contributed by atoms with Gasteiger partial charge in [0.05, 0.1) is 34.9 Å². The van der Waals surface area contributed by atoms with E-state index < -0.39 is 0 Å². The summed E-state index contributed by atoms with van der Waals surface area (Å²) < 4.78 is 0. The summed E-state index contributed by atoms with van der Waals surface area (Å²) in [6, 6.07) is 8.72. The minimum atomic E-state index is -0.251. The van der Waals surface area contributed by atoms with Crippen LogP contribution in [0.4, 0.5) is 29.1 Å². The fourth-order valence-corrected chi connectivity index (χ4v) is 7.12. The molecule has 246 valence electrons. The number of carbonyl (C=O) groups is 2. The molecule has 16 heteroatoms. The number of pyridine rings is 1. The number of ketones is 1. The zero-order valence-corrected chi connectivity index (χ0v) is 28.7. The average Bonchev–Trinajstić information content (AvgIpc) is 3.27. The molecule has 2 fully saturated rings. The zero-order valence-electron chi connectivity index (χ0n) is 25.5. The molecular weight excluding hydrogens is 683 g/mol. The topological polar surface area (TPSA) is 164 Å². The lowest BCUT2D eigenvalue weighted by Crippen LogP contribution is -2.48. The van der Waals surface area contributed by atoms with Gasteiger partial charge < -0.3 is 26.6 Å². The van der Waals surface area contributed by atoms with Crippen molar-refractivity contribution in [3.63, 3.8) is 0 Å². The first kappa shape index (κ1) is 34.6. The third kappa shape index (κ3) is 7.24. The fourth-order valence-electron chi connectivity index (χ4n) is 5.95. The first-order valence-electron chi connectivity index (χ1n) is 14.7. The Morgan fingerprint density at radius 1 is 1.02 bits per heavy atom. The predicted octanol–water partition coefficient (Wildman–Crippen LogP) is 5.91. The number of benzene rings is 1. The fraction of sp³-hybridized carbons (Fsp3) is 0.323. The highest BCUT2D eigenvalue weighted by Crippen LogP contribution is 2.46. The Morgan fingerprint density at radius 3 is 2.47 bits per heavy atom. The summed E-state index contributed by atoms with van der Waals surface area (Å²) in [7, 11) is 1.56. The Balaban J connectivity index is 0.00000433. The van der Waals surface area contributed by atoms with Gasteiger partial charge in [0.25, 0.3) is 5.91 Å². The molecule has 1 saturated carbocycles. The summed E-state index contributed by atoms with van der Waals surface area (Å²) in [5, 5.41) is 10.1. The van der Waals surface area contributed by atoms with Crippen molar-refractivity contribution in [2.24, 2.45) is 17.1 Å². The van der Waals surface area contributed by atoms with Crippen LogP contribution in [-0.4, -0.2) is 62.8 Å². The molecule has 2 atom stereocenters. The number of anilines is 5. The lowest BCUT2D eigenvalue weighted by atomic mass is 9.73. The number of nitrogens with zero attached hydrogens (tertiary/aromatic N) is 6. The molecule has 1 spiro atoms. The van der Waals surface area contributed by atoms with E-state index in [-0.39, 0.29) is 52.4 Å². The first-order chi connectivity index (χ1) is 22.2. The van der Waals surface area contributed by atoms with Gasteiger partial charge in [-0.3, -0.25) is 9.59 Å². The summed E-state index contributed by atoms with van der Waals surface area (Å²) >= 11 is 14.5. The van der Waals surface area contributed by atoms with Gasteiger partial charge in [0, 0.05) is 49.6 Å². The second kappa shape index (κ2) is 14.6. The molecule has 0 bridgehead atoms. The van der Waals surface area contributed by atoms with Crippen molar-refractivity contribution in [3.8, 4) is 0 Å². The van der Waals surface area contributed by atoms with E-state index in [4.69, 9.17) is 28.9 Å². The molecule has 1 aliphatic heterocycles. The van der Waals surface area contributed by atoms with E-state index in [1.807, 2.05) is 6.92 Å². The lowest BCUT2D eigenvalue weighted by molar-refractivity contribution is -0.120. The number of nitrogens with one attached hydrogen (secondary N) is 3. The Kier molecular flexibility index (Phi) is 10.7. The van der Waals surface area contributed by atoms with E-state index >= 15 is 0 Å². The van der Waals surface area contributed by atoms with Gasteiger partial charge in [-0.1, -0.05) is 54.0 Å². The van der Waals surface area contributed by atoms with Crippen LogP contribution in [0.1, 0.15) is 36.5 Å². The average molecular weight is 716 g/mol. The summed E-state index contributed by atoms with van der Waals surface area (Å²) in [6.45, 7) is 3.51. The minimum absolute atomic E-state index is 0. The number of aromatic nitrogens is 5. The highest BCUT2D eigenvalue weighted by molar-refractivity contribution is 7.99. The molecular formula is C31H33Cl3N10O2S. The van der Waals surface area contributed by atoms with E-state index in [0.717, 1.165) is 31.7 Å². The van der Waals surface area contributed by atoms with Crippen LogP contribution in [0.5, 0.6) is 0 Å². The molecule has 4 aromatic rings. The van der Waals surface area contributed by atoms with Crippen LogP contribution in [0.2, 0.25) is 10.0 Å². The van der Waals surface area contributed by atoms with Gasteiger partial charge in [-0.15, -0.1) is 12.4 Å². The summed E-state index contributed by atoms with van der Waals surface area (Å²) in [6.07, 6.45) is 8.84. The maximum atomic E-state index is 12.3. The Bertz CT molecular complexity index is 1770. The number of hydrogen-bond donors (Lipinski definition) is 4. The third-order valence-electron chi connectivity index (χ3n) is 8.67. The molecule has 1 amide bonds. The standard InChI is InChI=1S/C31H32Cl2N10O2S.ClH/c1-17-21(44)13-31(26(17)34)8-11-43(12-9-31)23-15-38-24(16-37-23)46-22-7-10-36-28(25(22)33)42-30-39-14-19(32)27(41-30)40-20-6-4-3-5-18(20)29(45)35-2;/h3-7,10,14-17,26H,8-9,11-13,34H2,1-2H3,(H,35,45)(H2,36,39,40,41,42);1H/t17-,26+;/m1./s1. The number of amides is 1. The highest BCUT2D eigenvalue weighted by atomic mass is 35.5. The molecule has 3 aromatic heterocycles. The molecule has 0 radical (unpaired) electrons. The third-order valence-corrected chi connectivity index (χ3v) is 10.4. The van der Waals surface area contributed by atoms with Crippen molar-refractivity contribution < 1.29 is 9.59 Å². The molecule has 2 aliphatic rings. The van der Waals surface area contributed by atoms with Crippen LogP contribution in [0.25, 0.3) is 0 Å². The van der Waals surface area contributed by atoms with Crippen molar-refractivity contribution in [2.75, 3.05) is 35.7 Å². The molecule has 6 rings (SSSR count). The maximum absolute atomic E-state index is 12.3. The van der Waals surface area contributed by atoms with E-state index in [2.05, 4.69) is 45.8 Å². The summed E-state index contributed by atoms with van der Waals surface area (Å²) in [4.78, 5) is 49.9. The van der Waals surface area contributed by atoms with Gasteiger partial charge in [-0.2, -0.15) is 4.98 Å². The van der Waals surface area contributed by atoms with Gasteiger partial charge in [0.1, 0.15) is 21.6 Å². The Hall–Kier alpha value is -3.75. The van der Waals surface area contributed by atoms with Crippen molar-refractivity contribution in [3.05, 3.63) is 70.7 Å². The second-order valence-electron chi connectivity index (χ2n) is 11.4. The Labute approximate surface area is 292 Å². The molecule has 1 aromatic carbocycles. The number of nitrogens with two attached hydrogens (primary N) is 1. The number of para-hydroxylation sites is 1. The summed E-state index contributed by atoms with van der Waals surface area (Å²) in [5.41, 5.74) is 7.33. The zero-order chi connectivity index (χ0) is 32.4. The van der Waals surface area contributed by atoms with Gasteiger partial charge in [0.2, 0.25) is 5.95 Å². The largest absolute Gasteiger partial charge is 0.355 e. The van der Waals surface area contributed by atoms with E-state index in [0.29, 0.717) is 44.3 Å². The molecule has 4 heterocycles. The molecule has 47 heavy (non-hydrogen) atoms. The van der Waals surface area contributed by atoms with Crippen molar-refractivity contribution in [1.82, 2.24) is 30.2 Å². The highest BCUT2D eigenvalue weighted by Gasteiger charge is 2.50. The monoisotopic (exact) mass is 714 g/mol. The SMILES string of the molecule is CNC(=O)c1ccccc1Nc1nc(Nc2nccc(Sc3cnc(N4CCC5(CC4)CC(=O)[C@@H](C)[C@@H]5N)cn3)c2Cl)ncc1Cl.Cl. The smallest absolute Gasteiger partial charge is 0.253 e. The number of rotatable bonds is 8. The number of halogens is 3. The quantitative estimate of drug-likeness (QED) is 0.171. The van der Waals surface area contributed by atoms with Gasteiger partial charge in [-0.05, 0) is 36.5 Å². The van der Waals surface area contributed by atoms with Gasteiger partial charge in [-0.25, -0.2) is 19.9 Å². The number of carbonyl (C=O) groups excluding carboxylic acids is 2. The van der Waals surface area contributed by atoms with Crippen molar-refractivity contribution in [1.29, 1.82) is 0 Å². The first-order valence-corrected chi connectivity index (χ1v) is 16.3. The maximum Gasteiger partial charge on any atom is 0.253 e.